The monoisotopic (exact) mass is 347 g/mol. The molecule has 2 aromatic rings. The molecule has 126 valence electrons. The van der Waals surface area contributed by atoms with Crippen molar-refractivity contribution in [1.29, 1.82) is 0 Å². The lowest BCUT2D eigenvalue weighted by Gasteiger charge is -2.17. The van der Waals surface area contributed by atoms with Gasteiger partial charge in [-0.05, 0) is 29.8 Å². The van der Waals surface area contributed by atoms with Crippen LogP contribution in [0.15, 0.2) is 52.2 Å². The fraction of sp³-hybridized carbons (Fsp3) is 0.250. The Morgan fingerprint density at radius 3 is 2.75 bits per heavy atom. The number of amides is 1. The van der Waals surface area contributed by atoms with E-state index in [1.807, 2.05) is 6.07 Å². The topological polar surface area (TPSA) is 92.0 Å². The van der Waals surface area contributed by atoms with Crippen LogP contribution in [0.4, 0.5) is 5.69 Å². The van der Waals surface area contributed by atoms with Crippen molar-refractivity contribution < 1.29 is 17.6 Å². The number of carbonyl (C=O) groups excluding carboxylic acids is 1. The van der Waals surface area contributed by atoms with Gasteiger partial charge in [-0.2, -0.15) is 5.10 Å². The van der Waals surface area contributed by atoms with E-state index in [0.717, 1.165) is 11.8 Å². The molecule has 0 spiro atoms. The van der Waals surface area contributed by atoms with Gasteiger partial charge in [0.25, 0.3) is 0 Å². The van der Waals surface area contributed by atoms with Crippen molar-refractivity contribution in [2.45, 2.75) is 19.4 Å². The average Bonchev–Trinajstić information content (AvgIpc) is 3.15. The van der Waals surface area contributed by atoms with Crippen LogP contribution in [0.5, 0.6) is 0 Å². The standard InChI is InChI=1S/C16H17N3O4S/c1-11(20)19-15(16-7-4-8-23-16)10-14(17-19)12-5-3-6-13(9-12)18-24(2,21)22/h3-9,15,18H,10H2,1-2H3/t15-/m0/s1. The van der Waals surface area contributed by atoms with Gasteiger partial charge in [0.15, 0.2) is 0 Å². The van der Waals surface area contributed by atoms with Gasteiger partial charge in [0.1, 0.15) is 11.8 Å². The van der Waals surface area contributed by atoms with Crippen LogP contribution in [0.25, 0.3) is 0 Å². The number of hydrogen-bond donors (Lipinski definition) is 1. The molecule has 1 aromatic carbocycles. The molecule has 1 atom stereocenters. The molecule has 1 N–H and O–H groups in total. The van der Waals surface area contributed by atoms with Crippen LogP contribution >= 0.6 is 0 Å². The molecule has 8 heteroatoms. The van der Waals surface area contributed by atoms with Gasteiger partial charge < -0.3 is 4.42 Å². The summed E-state index contributed by atoms with van der Waals surface area (Å²) in [7, 11) is -3.36. The van der Waals surface area contributed by atoms with Crippen molar-refractivity contribution in [1.82, 2.24) is 5.01 Å². The largest absolute Gasteiger partial charge is 0.467 e. The van der Waals surface area contributed by atoms with Gasteiger partial charge in [0, 0.05) is 19.0 Å². The first-order chi connectivity index (χ1) is 11.3. The van der Waals surface area contributed by atoms with Gasteiger partial charge in [-0.3, -0.25) is 9.52 Å². The fourth-order valence-corrected chi connectivity index (χ4v) is 3.21. The quantitative estimate of drug-likeness (QED) is 0.919. The van der Waals surface area contributed by atoms with E-state index < -0.39 is 10.0 Å². The average molecular weight is 347 g/mol. The summed E-state index contributed by atoms with van der Waals surface area (Å²) in [6.07, 6.45) is 3.15. The lowest BCUT2D eigenvalue weighted by Crippen LogP contribution is -2.23. The lowest BCUT2D eigenvalue weighted by atomic mass is 10.0. The van der Waals surface area contributed by atoms with Crippen LogP contribution in [-0.2, 0) is 14.8 Å². The second-order valence-electron chi connectivity index (χ2n) is 5.60. The highest BCUT2D eigenvalue weighted by Crippen LogP contribution is 2.33. The molecule has 0 aliphatic carbocycles. The number of benzene rings is 1. The van der Waals surface area contributed by atoms with Crippen LogP contribution in [0.2, 0.25) is 0 Å². The first-order valence-electron chi connectivity index (χ1n) is 7.32. The molecule has 2 heterocycles. The third-order valence-corrected chi connectivity index (χ3v) is 4.21. The molecule has 1 aliphatic rings. The Bertz CT molecular complexity index is 888. The highest BCUT2D eigenvalue weighted by Gasteiger charge is 2.33. The number of anilines is 1. The highest BCUT2D eigenvalue weighted by molar-refractivity contribution is 7.92. The van der Waals surface area contributed by atoms with E-state index in [0.29, 0.717) is 23.6 Å². The number of sulfonamides is 1. The normalized spacial score (nSPS) is 17.7. The highest BCUT2D eigenvalue weighted by atomic mass is 32.2. The third kappa shape index (κ3) is 3.48. The summed E-state index contributed by atoms with van der Waals surface area (Å²) in [4.78, 5) is 11.9. The predicted octanol–water partition coefficient (Wildman–Crippen LogP) is 2.35. The van der Waals surface area contributed by atoms with E-state index in [-0.39, 0.29) is 11.9 Å². The van der Waals surface area contributed by atoms with Gasteiger partial charge in [-0.25, -0.2) is 13.4 Å². The zero-order chi connectivity index (χ0) is 17.3. The number of furan rings is 1. The summed E-state index contributed by atoms with van der Waals surface area (Å²) in [5.41, 5.74) is 1.90. The van der Waals surface area contributed by atoms with Gasteiger partial charge in [-0.15, -0.1) is 0 Å². The van der Waals surface area contributed by atoms with Crippen molar-refractivity contribution >= 4 is 27.3 Å². The molecular weight excluding hydrogens is 330 g/mol. The Morgan fingerprint density at radius 2 is 2.12 bits per heavy atom. The molecule has 0 radical (unpaired) electrons. The maximum absolute atomic E-state index is 11.9. The Morgan fingerprint density at radius 1 is 1.33 bits per heavy atom. The van der Waals surface area contributed by atoms with Crippen LogP contribution < -0.4 is 4.72 Å². The summed E-state index contributed by atoms with van der Waals surface area (Å²) < 4.78 is 30.6. The number of hydrazone groups is 1. The maximum atomic E-state index is 11.9. The summed E-state index contributed by atoms with van der Waals surface area (Å²) >= 11 is 0. The van der Waals surface area contributed by atoms with Gasteiger partial charge in [0.2, 0.25) is 15.9 Å². The SMILES string of the molecule is CC(=O)N1N=C(c2cccc(NS(C)(=O)=O)c2)C[C@H]1c1ccco1. The van der Waals surface area contributed by atoms with E-state index in [9.17, 15) is 13.2 Å². The molecule has 1 aromatic heterocycles. The molecule has 1 aliphatic heterocycles. The van der Waals surface area contributed by atoms with Gasteiger partial charge >= 0.3 is 0 Å². The first-order valence-corrected chi connectivity index (χ1v) is 9.21. The Kier molecular flexibility index (Phi) is 4.15. The van der Waals surface area contributed by atoms with Crippen molar-refractivity contribution in [3.63, 3.8) is 0 Å². The van der Waals surface area contributed by atoms with Gasteiger partial charge in [0.05, 0.1) is 18.2 Å². The van der Waals surface area contributed by atoms with Crippen LogP contribution in [0.1, 0.15) is 30.7 Å². The molecule has 0 saturated carbocycles. The van der Waals surface area contributed by atoms with Crippen molar-refractivity contribution in [3.8, 4) is 0 Å². The lowest BCUT2D eigenvalue weighted by molar-refractivity contribution is -0.130. The number of nitrogens with one attached hydrogen (secondary N) is 1. The number of carbonyl (C=O) groups is 1. The molecule has 24 heavy (non-hydrogen) atoms. The molecule has 1 amide bonds. The Balaban J connectivity index is 1.91. The molecule has 0 saturated heterocycles. The summed E-state index contributed by atoms with van der Waals surface area (Å²) in [6, 6.07) is 10.2. The Labute approximate surface area is 140 Å². The third-order valence-electron chi connectivity index (χ3n) is 3.60. The molecule has 7 nitrogen and oxygen atoms in total. The van der Waals surface area contributed by atoms with Crippen molar-refractivity contribution in [2.24, 2.45) is 5.10 Å². The zero-order valence-corrected chi connectivity index (χ0v) is 14.1. The first kappa shape index (κ1) is 16.3. The molecule has 0 bridgehead atoms. The van der Waals surface area contributed by atoms with E-state index >= 15 is 0 Å². The molecule has 3 rings (SSSR count). The molecule has 0 fully saturated rings. The minimum atomic E-state index is -3.36. The minimum absolute atomic E-state index is 0.184. The minimum Gasteiger partial charge on any atom is -0.467 e. The molecular formula is C16H17N3O4S. The van der Waals surface area contributed by atoms with Crippen LogP contribution in [0, 0.1) is 0 Å². The van der Waals surface area contributed by atoms with Gasteiger partial charge in [-0.1, -0.05) is 12.1 Å². The summed E-state index contributed by atoms with van der Waals surface area (Å²) in [5.74, 6) is 0.478. The number of hydrogen-bond acceptors (Lipinski definition) is 5. The van der Waals surface area contributed by atoms with E-state index in [2.05, 4.69) is 9.82 Å². The summed E-state index contributed by atoms with van der Waals surface area (Å²) in [6.45, 7) is 1.45. The number of nitrogens with zero attached hydrogens (tertiary/aromatic N) is 2. The van der Waals surface area contributed by atoms with E-state index in [4.69, 9.17) is 4.42 Å². The van der Waals surface area contributed by atoms with Crippen molar-refractivity contribution in [2.75, 3.05) is 11.0 Å². The van der Waals surface area contributed by atoms with E-state index in [1.165, 1.54) is 11.9 Å². The van der Waals surface area contributed by atoms with Crippen LogP contribution in [-0.4, -0.2) is 31.3 Å². The Hall–Kier alpha value is -2.61. The smallest absolute Gasteiger partial charge is 0.240 e. The molecule has 0 unspecified atom stereocenters. The maximum Gasteiger partial charge on any atom is 0.240 e. The summed E-state index contributed by atoms with van der Waals surface area (Å²) in [5, 5.41) is 5.79. The zero-order valence-electron chi connectivity index (χ0n) is 13.3. The van der Waals surface area contributed by atoms with Crippen molar-refractivity contribution in [3.05, 3.63) is 54.0 Å². The predicted molar refractivity (Wildman–Crippen MR) is 90.0 cm³/mol. The fourth-order valence-electron chi connectivity index (χ4n) is 2.65. The van der Waals surface area contributed by atoms with Crippen LogP contribution in [0.3, 0.4) is 0 Å². The van der Waals surface area contributed by atoms with E-state index in [1.54, 1.807) is 36.6 Å². The second-order valence-corrected chi connectivity index (χ2v) is 7.35. The second kappa shape index (κ2) is 6.12. The number of rotatable bonds is 4.